The minimum absolute atomic E-state index is 0.0314. The molecule has 5 heteroatoms. The van der Waals surface area contributed by atoms with E-state index in [-0.39, 0.29) is 11.6 Å². The van der Waals surface area contributed by atoms with E-state index in [1.165, 1.54) is 6.42 Å². The number of nitrogens with zero attached hydrogens (tertiary/aromatic N) is 2. The van der Waals surface area contributed by atoms with Gasteiger partial charge >= 0.3 is 0 Å². The summed E-state index contributed by atoms with van der Waals surface area (Å²) in [5, 5.41) is 1.73. The van der Waals surface area contributed by atoms with Crippen molar-refractivity contribution in [3.05, 3.63) is 62.4 Å². The van der Waals surface area contributed by atoms with E-state index in [0.717, 1.165) is 36.8 Å². The molecule has 0 radical (unpaired) electrons. The molecule has 1 saturated carbocycles. The molecule has 3 aromatic rings. The van der Waals surface area contributed by atoms with Crippen molar-refractivity contribution >= 4 is 34.1 Å². The van der Waals surface area contributed by atoms with E-state index in [2.05, 4.69) is 0 Å². The van der Waals surface area contributed by atoms with E-state index >= 15 is 0 Å². The number of benzene rings is 2. The minimum atomic E-state index is -0.0314. The van der Waals surface area contributed by atoms with Crippen molar-refractivity contribution in [3.8, 4) is 11.4 Å². The Morgan fingerprint density at radius 2 is 1.81 bits per heavy atom. The number of hydrogen-bond donors (Lipinski definition) is 0. The van der Waals surface area contributed by atoms with E-state index in [0.29, 0.717) is 26.8 Å². The Kier molecular flexibility index (Phi) is 4.76. The van der Waals surface area contributed by atoms with E-state index in [1.54, 1.807) is 18.2 Å². The van der Waals surface area contributed by atoms with Gasteiger partial charge in [0.2, 0.25) is 0 Å². The standard InChI is InChI=1S/C21H20Cl2N2O/c1-13-7-9-16(18(23)11-13)20-24-19-10-8-14(22)12-17(19)21(26)25(20)15-5-3-2-4-6-15/h7-12,15H,2-6H2,1H3. The second kappa shape index (κ2) is 7.05. The van der Waals surface area contributed by atoms with Gasteiger partial charge in [-0.25, -0.2) is 4.98 Å². The summed E-state index contributed by atoms with van der Waals surface area (Å²) in [4.78, 5) is 18.2. The monoisotopic (exact) mass is 386 g/mol. The van der Waals surface area contributed by atoms with Crippen LogP contribution >= 0.6 is 23.2 Å². The maximum atomic E-state index is 13.4. The molecule has 0 atom stereocenters. The summed E-state index contributed by atoms with van der Waals surface area (Å²) in [6.07, 6.45) is 5.46. The lowest BCUT2D eigenvalue weighted by molar-refractivity contribution is 0.348. The van der Waals surface area contributed by atoms with Gasteiger partial charge in [-0.15, -0.1) is 0 Å². The first-order valence-corrected chi connectivity index (χ1v) is 9.78. The molecule has 0 spiro atoms. The second-order valence-corrected chi connectivity index (χ2v) is 7.89. The summed E-state index contributed by atoms with van der Waals surface area (Å²) in [6.45, 7) is 2.00. The zero-order valence-corrected chi connectivity index (χ0v) is 16.1. The molecular formula is C21H20Cl2N2O. The quantitative estimate of drug-likeness (QED) is 0.526. The molecule has 0 bridgehead atoms. The van der Waals surface area contributed by atoms with Crippen molar-refractivity contribution in [1.29, 1.82) is 0 Å². The molecule has 1 aliphatic carbocycles. The predicted octanol–water partition coefficient (Wildman–Crippen LogP) is 6.18. The summed E-state index contributed by atoms with van der Waals surface area (Å²) in [6, 6.07) is 11.3. The lowest BCUT2D eigenvalue weighted by atomic mass is 9.94. The van der Waals surface area contributed by atoms with Crippen LogP contribution in [0.4, 0.5) is 0 Å². The Labute approximate surface area is 162 Å². The van der Waals surface area contributed by atoms with Crippen molar-refractivity contribution in [2.45, 2.75) is 45.1 Å². The first-order chi connectivity index (χ1) is 12.5. The summed E-state index contributed by atoms with van der Waals surface area (Å²) in [7, 11) is 0. The predicted molar refractivity (Wildman–Crippen MR) is 108 cm³/mol. The van der Waals surface area contributed by atoms with Gasteiger partial charge < -0.3 is 0 Å². The third-order valence-corrected chi connectivity index (χ3v) is 5.72. The molecule has 0 saturated heterocycles. The highest BCUT2D eigenvalue weighted by molar-refractivity contribution is 6.33. The lowest BCUT2D eigenvalue weighted by Gasteiger charge is -2.27. The first-order valence-electron chi connectivity index (χ1n) is 9.03. The summed E-state index contributed by atoms with van der Waals surface area (Å²) < 4.78 is 1.86. The highest BCUT2D eigenvalue weighted by atomic mass is 35.5. The normalized spacial score (nSPS) is 15.5. The summed E-state index contributed by atoms with van der Waals surface area (Å²) in [5.74, 6) is 0.654. The van der Waals surface area contributed by atoms with Crippen LogP contribution < -0.4 is 5.56 Å². The number of fused-ring (bicyclic) bond motifs is 1. The van der Waals surface area contributed by atoms with Crippen LogP contribution in [0.3, 0.4) is 0 Å². The molecule has 26 heavy (non-hydrogen) atoms. The molecule has 134 valence electrons. The summed E-state index contributed by atoms with van der Waals surface area (Å²) >= 11 is 12.7. The Balaban J connectivity index is 2.03. The van der Waals surface area contributed by atoms with Crippen LogP contribution in [0.5, 0.6) is 0 Å². The number of hydrogen-bond acceptors (Lipinski definition) is 2. The Morgan fingerprint density at radius 3 is 2.54 bits per heavy atom. The maximum Gasteiger partial charge on any atom is 0.261 e. The Bertz CT molecular complexity index is 1040. The topological polar surface area (TPSA) is 34.9 Å². The number of aromatic nitrogens is 2. The van der Waals surface area contributed by atoms with Gasteiger partial charge in [0, 0.05) is 16.6 Å². The molecule has 4 rings (SSSR count). The smallest absolute Gasteiger partial charge is 0.261 e. The zero-order chi connectivity index (χ0) is 18.3. The van der Waals surface area contributed by atoms with E-state index < -0.39 is 0 Å². The van der Waals surface area contributed by atoms with Gasteiger partial charge in [0.05, 0.1) is 15.9 Å². The fourth-order valence-electron chi connectivity index (χ4n) is 3.84. The Morgan fingerprint density at radius 1 is 1.04 bits per heavy atom. The van der Waals surface area contributed by atoms with Gasteiger partial charge in [-0.1, -0.05) is 48.5 Å². The van der Waals surface area contributed by atoms with E-state index in [1.807, 2.05) is 29.7 Å². The first kappa shape index (κ1) is 17.6. The van der Waals surface area contributed by atoms with Crippen molar-refractivity contribution in [2.75, 3.05) is 0 Å². The molecule has 3 nitrogen and oxygen atoms in total. The van der Waals surface area contributed by atoms with Crippen molar-refractivity contribution in [1.82, 2.24) is 9.55 Å². The highest BCUT2D eigenvalue weighted by Crippen LogP contribution is 2.34. The van der Waals surface area contributed by atoms with Crippen LogP contribution in [0.1, 0.15) is 43.7 Å². The largest absolute Gasteiger partial charge is 0.289 e. The van der Waals surface area contributed by atoms with Gasteiger partial charge in [-0.3, -0.25) is 9.36 Å². The number of rotatable bonds is 2. The lowest BCUT2D eigenvalue weighted by Crippen LogP contribution is -2.29. The van der Waals surface area contributed by atoms with Gasteiger partial charge in [0.1, 0.15) is 5.82 Å². The molecule has 1 heterocycles. The number of aryl methyl sites for hydroxylation is 1. The fraction of sp³-hybridized carbons (Fsp3) is 0.333. The average Bonchev–Trinajstić information content (AvgIpc) is 2.63. The maximum absolute atomic E-state index is 13.4. The van der Waals surface area contributed by atoms with Crippen LogP contribution in [0.25, 0.3) is 22.3 Å². The number of halogens is 2. The molecule has 1 aliphatic rings. The van der Waals surface area contributed by atoms with Crippen molar-refractivity contribution in [3.63, 3.8) is 0 Å². The van der Waals surface area contributed by atoms with Crippen LogP contribution in [0, 0.1) is 6.92 Å². The highest BCUT2D eigenvalue weighted by Gasteiger charge is 2.23. The van der Waals surface area contributed by atoms with Gasteiger partial charge in [-0.2, -0.15) is 0 Å². The minimum Gasteiger partial charge on any atom is -0.289 e. The molecule has 0 N–H and O–H groups in total. The van der Waals surface area contributed by atoms with Gasteiger partial charge in [0.25, 0.3) is 5.56 Å². The second-order valence-electron chi connectivity index (χ2n) is 7.05. The third kappa shape index (κ3) is 3.15. The van der Waals surface area contributed by atoms with Crippen LogP contribution in [0.15, 0.2) is 41.2 Å². The molecule has 2 aromatic carbocycles. The zero-order valence-electron chi connectivity index (χ0n) is 14.6. The fourth-order valence-corrected chi connectivity index (χ4v) is 4.33. The average molecular weight is 387 g/mol. The van der Waals surface area contributed by atoms with Crippen molar-refractivity contribution in [2.24, 2.45) is 0 Å². The van der Waals surface area contributed by atoms with Crippen LogP contribution in [0.2, 0.25) is 10.0 Å². The SMILES string of the molecule is Cc1ccc(-c2nc3ccc(Cl)cc3c(=O)n2C2CCCCC2)c(Cl)c1. The van der Waals surface area contributed by atoms with E-state index in [9.17, 15) is 4.79 Å². The molecular weight excluding hydrogens is 367 g/mol. The third-order valence-electron chi connectivity index (χ3n) is 5.17. The van der Waals surface area contributed by atoms with Crippen LogP contribution in [-0.2, 0) is 0 Å². The van der Waals surface area contributed by atoms with Crippen molar-refractivity contribution < 1.29 is 0 Å². The molecule has 0 aliphatic heterocycles. The van der Waals surface area contributed by atoms with Crippen LogP contribution in [-0.4, -0.2) is 9.55 Å². The summed E-state index contributed by atoms with van der Waals surface area (Å²) in [5.41, 5.74) is 2.50. The molecule has 0 amide bonds. The Hall–Kier alpha value is -1.84. The van der Waals surface area contributed by atoms with Gasteiger partial charge in [-0.05, 0) is 55.7 Å². The molecule has 1 fully saturated rings. The van der Waals surface area contributed by atoms with Gasteiger partial charge in [0.15, 0.2) is 0 Å². The molecule has 1 aromatic heterocycles. The van der Waals surface area contributed by atoms with E-state index in [4.69, 9.17) is 28.2 Å². The molecule has 0 unspecified atom stereocenters.